The number of benzene rings is 2. The van der Waals surface area contributed by atoms with Crippen molar-refractivity contribution in [3.05, 3.63) is 71.4 Å². The summed E-state index contributed by atoms with van der Waals surface area (Å²) >= 11 is 0. The number of fused-ring (bicyclic) bond motifs is 1. The van der Waals surface area contributed by atoms with Crippen molar-refractivity contribution in [2.45, 2.75) is 55.9 Å². The van der Waals surface area contributed by atoms with Gasteiger partial charge in [0.2, 0.25) is 0 Å². The average molecular weight is 492 g/mol. The third kappa shape index (κ3) is 5.41. The molecule has 1 aliphatic heterocycles. The number of nitrogens with zero attached hydrogens (tertiary/aromatic N) is 2. The van der Waals surface area contributed by atoms with Crippen molar-refractivity contribution in [2.75, 3.05) is 25.4 Å². The fourth-order valence-corrected chi connectivity index (χ4v) is 6.28. The van der Waals surface area contributed by atoms with Crippen molar-refractivity contribution in [2.24, 2.45) is 0 Å². The summed E-state index contributed by atoms with van der Waals surface area (Å²) in [6.07, 6.45) is 5.15. The third-order valence-corrected chi connectivity index (χ3v) is 8.97. The molecule has 5 rings (SSSR count). The summed E-state index contributed by atoms with van der Waals surface area (Å²) in [5.41, 5.74) is 3.42. The molecule has 1 atom stereocenters. The molecule has 184 valence electrons. The number of amides is 1. The van der Waals surface area contributed by atoms with Gasteiger partial charge in [0.15, 0.2) is 9.84 Å². The van der Waals surface area contributed by atoms with E-state index in [1.54, 1.807) is 12.1 Å². The number of carbonyl (C=O) groups excluding carboxylic acids is 1. The summed E-state index contributed by atoms with van der Waals surface area (Å²) in [7, 11) is -3.28. The fourth-order valence-electron chi connectivity index (χ4n) is 4.96. The van der Waals surface area contributed by atoms with E-state index in [1.165, 1.54) is 0 Å². The first kappa shape index (κ1) is 23.9. The molecule has 7 heteroatoms. The normalized spacial score (nSPS) is 17.5. The Morgan fingerprint density at radius 2 is 1.80 bits per heavy atom. The second kappa shape index (κ2) is 10.1. The van der Waals surface area contributed by atoms with Crippen LogP contribution in [-0.2, 0) is 9.84 Å². The fraction of sp³-hybridized carbons (Fsp3) is 0.429. The minimum absolute atomic E-state index is 0.114. The van der Waals surface area contributed by atoms with E-state index in [0.29, 0.717) is 29.3 Å². The van der Waals surface area contributed by atoms with Crippen LogP contribution in [0.5, 0.6) is 0 Å². The van der Waals surface area contributed by atoms with Crippen molar-refractivity contribution >= 4 is 26.6 Å². The van der Waals surface area contributed by atoms with E-state index in [4.69, 9.17) is 4.98 Å². The second-order valence-electron chi connectivity index (χ2n) is 9.81. The topological polar surface area (TPSA) is 79.4 Å². The van der Waals surface area contributed by atoms with Crippen LogP contribution >= 0.6 is 0 Å². The number of carbonyl (C=O) groups is 1. The Morgan fingerprint density at radius 3 is 2.49 bits per heavy atom. The SMILES string of the molecule is CCCS(=O)(=O)c1ccc(C(CN2CCCC2)NC(=O)c2cc(C3CC3)nc3ccccc23)cc1. The zero-order chi connectivity index (χ0) is 24.4. The van der Waals surface area contributed by atoms with E-state index < -0.39 is 9.84 Å². The van der Waals surface area contributed by atoms with Crippen LogP contribution in [0.4, 0.5) is 0 Å². The number of rotatable bonds is 9. The lowest BCUT2D eigenvalue weighted by Crippen LogP contribution is -2.37. The summed E-state index contributed by atoms with van der Waals surface area (Å²) < 4.78 is 25.0. The molecule has 3 aromatic rings. The van der Waals surface area contributed by atoms with Crippen molar-refractivity contribution in [3.63, 3.8) is 0 Å². The molecule has 2 fully saturated rings. The van der Waals surface area contributed by atoms with Gasteiger partial charge in [-0.3, -0.25) is 9.78 Å². The van der Waals surface area contributed by atoms with Gasteiger partial charge in [0.1, 0.15) is 0 Å². The lowest BCUT2D eigenvalue weighted by Gasteiger charge is -2.25. The summed E-state index contributed by atoms with van der Waals surface area (Å²) in [5, 5.41) is 4.14. The summed E-state index contributed by atoms with van der Waals surface area (Å²) in [5.74, 6) is 0.472. The number of hydrogen-bond acceptors (Lipinski definition) is 5. The number of nitrogens with one attached hydrogen (secondary N) is 1. The maximum absolute atomic E-state index is 13.7. The Hall–Kier alpha value is -2.77. The van der Waals surface area contributed by atoms with Gasteiger partial charge in [-0.05, 0) is 75.0 Å². The van der Waals surface area contributed by atoms with Gasteiger partial charge < -0.3 is 10.2 Å². The molecule has 1 aliphatic carbocycles. The first-order chi connectivity index (χ1) is 16.9. The van der Waals surface area contributed by atoms with E-state index in [0.717, 1.165) is 60.9 Å². The van der Waals surface area contributed by atoms with Crippen LogP contribution in [0.3, 0.4) is 0 Å². The van der Waals surface area contributed by atoms with Gasteiger partial charge in [-0.15, -0.1) is 0 Å². The molecule has 6 nitrogen and oxygen atoms in total. The molecule has 1 saturated heterocycles. The molecule has 1 saturated carbocycles. The average Bonchev–Trinajstić information content (AvgIpc) is 3.59. The zero-order valence-electron chi connectivity index (χ0n) is 20.2. The minimum atomic E-state index is -3.28. The highest BCUT2D eigenvalue weighted by Gasteiger charge is 2.28. The van der Waals surface area contributed by atoms with Gasteiger partial charge in [0.05, 0.1) is 27.8 Å². The highest BCUT2D eigenvalue weighted by atomic mass is 32.2. The van der Waals surface area contributed by atoms with E-state index >= 15 is 0 Å². The Kier molecular flexibility index (Phi) is 6.89. The number of aromatic nitrogens is 1. The molecule has 2 aromatic carbocycles. The van der Waals surface area contributed by atoms with Crippen LogP contribution in [0.15, 0.2) is 59.5 Å². The highest BCUT2D eigenvalue weighted by Crippen LogP contribution is 2.40. The molecule has 1 amide bonds. The maximum atomic E-state index is 13.7. The van der Waals surface area contributed by atoms with Crippen molar-refractivity contribution in [1.82, 2.24) is 15.2 Å². The van der Waals surface area contributed by atoms with Crippen molar-refractivity contribution < 1.29 is 13.2 Å². The molecular formula is C28H33N3O3S. The van der Waals surface area contributed by atoms with E-state index in [-0.39, 0.29) is 17.7 Å². The standard InChI is InChI=1S/C28H33N3O3S/c1-2-17-35(33,34)22-13-11-21(12-14-22)27(19-31-15-5-6-16-31)30-28(32)24-18-26(20-9-10-20)29-25-8-4-3-7-23(24)25/h3-4,7-8,11-14,18,20,27H,2,5-6,9-10,15-17,19H2,1H3,(H,30,32). The molecule has 35 heavy (non-hydrogen) atoms. The van der Waals surface area contributed by atoms with Gasteiger partial charge in [-0.1, -0.05) is 37.3 Å². The molecule has 0 bridgehead atoms. The van der Waals surface area contributed by atoms with Crippen LogP contribution in [0.25, 0.3) is 10.9 Å². The first-order valence-electron chi connectivity index (χ1n) is 12.7. The van der Waals surface area contributed by atoms with Crippen LogP contribution in [0.1, 0.15) is 72.6 Å². The molecule has 1 unspecified atom stereocenters. The molecule has 1 N–H and O–H groups in total. The first-order valence-corrected chi connectivity index (χ1v) is 14.4. The highest BCUT2D eigenvalue weighted by molar-refractivity contribution is 7.91. The van der Waals surface area contributed by atoms with Crippen LogP contribution in [0, 0.1) is 0 Å². The van der Waals surface area contributed by atoms with Crippen LogP contribution in [-0.4, -0.2) is 49.6 Å². The van der Waals surface area contributed by atoms with Gasteiger partial charge in [0, 0.05) is 23.5 Å². The van der Waals surface area contributed by atoms with E-state index in [1.807, 2.05) is 49.4 Å². The van der Waals surface area contributed by atoms with Crippen molar-refractivity contribution in [3.8, 4) is 0 Å². The van der Waals surface area contributed by atoms with E-state index in [2.05, 4.69) is 10.2 Å². The number of para-hydroxylation sites is 1. The molecule has 1 aromatic heterocycles. The van der Waals surface area contributed by atoms with Crippen molar-refractivity contribution in [1.29, 1.82) is 0 Å². The van der Waals surface area contributed by atoms with Gasteiger partial charge in [-0.2, -0.15) is 0 Å². The summed E-state index contributed by atoms with van der Waals surface area (Å²) in [4.78, 5) is 21.2. The minimum Gasteiger partial charge on any atom is -0.344 e. The molecule has 2 heterocycles. The molecule has 0 radical (unpaired) electrons. The maximum Gasteiger partial charge on any atom is 0.252 e. The quantitative estimate of drug-likeness (QED) is 0.462. The number of sulfone groups is 1. The number of pyridine rings is 1. The van der Waals surface area contributed by atoms with Crippen LogP contribution < -0.4 is 5.32 Å². The summed E-state index contributed by atoms with van der Waals surface area (Å²) in [6, 6.07) is 16.6. The lowest BCUT2D eigenvalue weighted by atomic mass is 10.0. The Bertz CT molecular complexity index is 1310. The molecule has 0 spiro atoms. The Labute approximate surface area is 207 Å². The predicted molar refractivity (Wildman–Crippen MR) is 138 cm³/mol. The largest absolute Gasteiger partial charge is 0.344 e. The van der Waals surface area contributed by atoms with Gasteiger partial charge >= 0.3 is 0 Å². The molecule has 2 aliphatic rings. The second-order valence-corrected chi connectivity index (χ2v) is 11.9. The lowest BCUT2D eigenvalue weighted by molar-refractivity contribution is 0.0928. The smallest absolute Gasteiger partial charge is 0.252 e. The third-order valence-electron chi connectivity index (χ3n) is 7.04. The Morgan fingerprint density at radius 1 is 1.09 bits per heavy atom. The van der Waals surface area contributed by atoms with Gasteiger partial charge in [-0.25, -0.2) is 8.42 Å². The summed E-state index contributed by atoms with van der Waals surface area (Å²) in [6.45, 7) is 4.59. The number of likely N-dealkylation sites (tertiary alicyclic amines) is 1. The molecular weight excluding hydrogens is 458 g/mol. The number of hydrogen-bond donors (Lipinski definition) is 1. The van der Waals surface area contributed by atoms with Gasteiger partial charge in [0.25, 0.3) is 5.91 Å². The van der Waals surface area contributed by atoms with Crippen LogP contribution in [0.2, 0.25) is 0 Å². The predicted octanol–water partition coefficient (Wildman–Crippen LogP) is 4.86. The monoisotopic (exact) mass is 491 g/mol. The Balaban J connectivity index is 1.45. The zero-order valence-corrected chi connectivity index (χ0v) is 21.1. The van der Waals surface area contributed by atoms with E-state index in [9.17, 15) is 13.2 Å².